The molecule has 0 fully saturated rings. The van der Waals surface area contributed by atoms with Crippen LogP contribution in [0, 0.1) is 12.7 Å². The first-order chi connectivity index (χ1) is 8.54. The number of halogens is 1. The Morgan fingerprint density at radius 1 is 1.44 bits per heavy atom. The highest BCUT2D eigenvalue weighted by Gasteiger charge is 2.14. The Hall–Kier alpha value is -1.15. The summed E-state index contributed by atoms with van der Waals surface area (Å²) in [6.45, 7) is 10.9. The molecule has 1 atom stereocenters. The fourth-order valence-corrected chi connectivity index (χ4v) is 1.99. The third-order valence-electron chi connectivity index (χ3n) is 3.03. The molecule has 0 aliphatic carbocycles. The molecule has 0 aliphatic rings. The maximum atomic E-state index is 14.0. The summed E-state index contributed by atoms with van der Waals surface area (Å²) in [7, 11) is 0. The van der Waals surface area contributed by atoms with Crippen LogP contribution in [0.5, 0.6) is 0 Å². The van der Waals surface area contributed by atoms with Gasteiger partial charge in [0.15, 0.2) is 0 Å². The highest BCUT2D eigenvalue weighted by atomic mass is 19.1. The summed E-state index contributed by atoms with van der Waals surface area (Å²) in [4.78, 5) is 0. The van der Waals surface area contributed by atoms with Gasteiger partial charge in [0.2, 0.25) is 0 Å². The van der Waals surface area contributed by atoms with Gasteiger partial charge >= 0.3 is 0 Å². The summed E-state index contributed by atoms with van der Waals surface area (Å²) in [5, 5.41) is 3.42. The van der Waals surface area contributed by atoms with E-state index in [1.807, 2.05) is 26.0 Å². The Morgan fingerprint density at radius 3 is 2.72 bits per heavy atom. The highest BCUT2D eigenvalue weighted by molar-refractivity contribution is 5.26. The van der Waals surface area contributed by atoms with Crippen LogP contribution in [0.3, 0.4) is 0 Å². The van der Waals surface area contributed by atoms with E-state index in [9.17, 15) is 4.39 Å². The zero-order valence-electron chi connectivity index (χ0n) is 11.7. The Balaban J connectivity index is 2.82. The lowest BCUT2D eigenvalue weighted by Crippen LogP contribution is -2.23. The van der Waals surface area contributed by atoms with Crippen molar-refractivity contribution < 1.29 is 4.39 Å². The molecule has 18 heavy (non-hydrogen) atoms. The van der Waals surface area contributed by atoms with Gasteiger partial charge in [-0.05, 0) is 51.3 Å². The molecule has 0 saturated heterocycles. The third kappa shape index (κ3) is 4.61. The molecule has 0 radical (unpaired) electrons. The lowest BCUT2D eigenvalue weighted by Gasteiger charge is -2.20. The zero-order chi connectivity index (χ0) is 13.5. The number of rotatable bonds is 7. The van der Waals surface area contributed by atoms with Crippen molar-refractivity contribution in [2.45, 2.75) is 46.1 Å². The highest BCUT2D eigenvalue weighted by Crippen LogP contribution is 2.23. The summed E-state index contributed by atoms with van der Waals surface area (Å²) in [6.07, 6.45) is 2.88. The average molecular weight is 249 g/mol. The Labute approximate surface area is 110 Å². The minimum atomic E-state index is -0.106. The van der Waals surface area contributed by atoms with Crippen molar-refractivity contribution in [2.75, 3.05) is 6.54 Å². The first kappa shape index (κ1) is 14.9. The molecular weight excluding hydrogens is 225 g/mol. The molecule has 0 saturated carbocycles. The van der Waals surface area contributed by atoms with Crippen molar-refractivity contribution in [3.05, 3.63) is 47.3 Å². The van der Waals surface area contributed by atoms with E-state index in [2.05, 4.69) is 18.8 Å². The maximum Gasteiger partial charge on any atom is 0.128 e. The monoisotopic (exact) mass is 249 g/mol. The van der Waals surface area contributed by atoms with Crippen LogP contribution in [0.1, 0.15) is 50.3 Å². The maximum absolute atomic E-state index is 14.0. The second kappa shape index (κ2) is 7.32. The van der Waals surface area contributed by atoms with Crippen molar-refractivity contribution in [2.24, 2.45) is 0 Å². The van der Waals surface area contributed by atoms with Crippen molar-refractivity contribution in [3.8, 4) is 0 Å². The van der Waals surface area contributed by atoms with Crippen molar-refractivity contribution in [1.82, 2.24) is 5.32 Å². The Bertz CT molecular complexity index is 398. The molecule has 0 heterocycles. The van der Waals surface area contributed by atoms with E-state index >= 15 is 0 Å². The van der Waals surface area contributed by atoms with E-state index in [0.717, 1.165) is 42.5 Å². The Morgan fingerprint density at radius 2 is 2.17 bits per heavy atom. The predicted molar refractivity (Wildman–Crippen MR) is 76.2 cm³/mol. The van der Waals surface area contributed by atoms with Gasteiger partial charge in [-0.2, -0.15) is 0 Å². The van der Waals surface area contributed by atoms with E-state index in [1.165, 1.54) is 0 Å². The van der Waals surface area contributed by atoms with Gasteiger partial charge in [0, 0.05) is 11.6 Å². The number of hydrogen-bond acceptors (Lipinski definition) is 1. The minimum absolute atomic E-state index is 0.0854. The number of benzene rings is 1. The quantitative estimate of drug-likeness (QED) is 0.700. The van der Waals surface area contributed by atoms with Gasteiger partial charge in [0.25, 0.3) is 0 Å². The van der Waals surface area contributed by atoms with Gasteiger partial charge in [-0.3, -0.25) is 0 Å². The van der Waals surface area contributed by atoms with Gasteiger partial charge in [-0.15, -0.1) is 6.58 Å². The Kier molecular flexibility index (Phi) is 6.06. The summed E-state index contributed by atoms with van der Waals surface area (Å²) in [5.74, 6) is -0.106. The van der Waals surface area contributed by atoms with Crippen LogP contribution in [0.25, 0.3) is 0 Å². The first-order valence-corrected chi connectivity index (χ1v) is 6.68. The molecule has 100 valence electrons. The molecule has 2 heteroatoms. The molecule has 1 nitrogen and oxygen atoms in total. The number of allylic oxidation sites excluding steroid dienone is 1. The van der Waals surface area contributed by atoms with E-state index in [1.54, 1.807) is 6.07 Å². The molecule has 1 aromatic rings. The zero-order valence-corrected chi connectivity index (χ0v) is 11.7. The fraction of sp³-hybridized carbons (Fsp3) is 0.500. The largest absolute Gasteiger partial charge is 0.310 e. The lowest BCUT2D eigenvalue weighted by atomic mass is 9.98. The second-order valence-electron chi connectivity index (χ2n) is 5.03. The van der Waals surface area contributed by atoms with Gasteiger partial charge in [0.1, 0.15) is 5.82 Å². The van der Waals surface area contributed by atoms with Crippen LogP contribution in [0.2, 0.25) is 0 Å². The van der Waals surface area contributed by atoms with Crippen molar-refractivity contribution in [3.63, 3.8) is 0 Å². The van der Waals surface area contributed by atoms with Crippen LogP contribution in [-0.4, -0.2) is 6.54 Å². The van der Waals surface area contributed by atoms with Gasteiger partial charge in [0.05, 0.1) is 0 Å². The van der Waals surface area contributed by atoms with E-state index in [4.69, 9.17) is 0 Å². The number of nitrogens with one attached hydrogen (secondary N) is 1. The first-order valence-electron chi connectivity index (χ1n) is 6.68. The standard InChI is InChI=1S/C16H24FN/c1-5-10-18-16(9-6-12(2)3)14-8-7-13(4)11-15(14)17/h7-8,11,16,18H,2,5-6,9-10H2,1,3-4H3. The SMILES string of the molecule is C=C(C)CCC(NCCC)c1ccc(C)cc1F. The smallest absolute Gasteiger partial charge is 0.128 e. The molecule has 0 aromatic heterocycles. The van der Waals surface area contributed by atoms with Crippen LogP contribution >= 0.6 is 0 Å². The summed E-state index contributed by atoms with van der Waals surface area (Å²) in [5.41, 5.74) is 2.88. The van der Waals surface area contributed by atoms with Crippen LogP contribution in [-0.2, 0) is 0 Å². The molecular formula is C16H24FN. The summed E-state index contributed by atoms with van der Waals surface area (Å²) < 4.78 is 14.0. The number of aryl methyl sites for hydroxylation is 1. The van der Waals surface area contributed by atoms with E-state index in [0.29, 0.717) is 0 Å². The van der Waals surface area contributed by atoms with Crippen molar-refractivity contribution in [1.29, 1.82) is 0 Å². The molecule has 0 aliphatic heterocycles. The molecule has 0 spiro atoms. The van der Waals surface area contributed by atoms with Crippen LogP contribution in [0.4, 0.5) is 4.39 Å². The second-order valence-corrected chi connectivity index (χ2v) is 5.03. The third-order valence-corrected chi connectivity index (χ3v) is 3.03. The summed E-state index contributed by atoms with van der Waals surface area (Å²) >= 11 is 0. The normalized spacial score (nSPS) is 12.4. The number of hydrogen-bond donors (Lipinski definition) is 1. The molecule has 1 rings (SSSR count). The lowest BCUT2D eigenvalue weighted by molar-refractivity contribution is 0.473. The van der Waals surface area contributed by atoms with E-state index in [-0.39, 0.29) is 11.9 Å². The predicted octanol–water partition coefficient (Wildman–Crippen LogP) is 4.53. The topological polar surface area (TPSA) is 12.0 Å². The molecule has 0 amide bonds. The fourth-order valence-electron chi connectivity index (χ4n) is 1.99. The van der Waals surface area contributed by atoms with Gasteiger partial charge in [-0.25, -0.2) is 4.39 Å². The van der Waals surface area contributed by atoms with Crippen LogP contribution in [0.15, 0.2) is 30.4 Å². The molecule has 0 bridgehead atoms. The summed E-state index contributed by atoms with van der Waals surface area (Å²) in [6, 6.07) is 5.56. The van der Waals surface area contributed by atoms with Gasteiger partial charge in [-0.1, -0.05) is 24.6 Å². The minimum Gasteiger partial charge on any atom is -0.310 e. The average Bonchev–Trinajstić information content (AvgIpc) is 2.30. The van der Waals surface area contributed by atoms with Crippen LogP contribution < -0.4 is 5.32 Å². The molecule has 1 unspecified atom stereocenters. The van der Waals surface area contributed by atoms with Crippen molar-refractivity contribution >= 4 is 0 Å². The van der Waals surface area contributed by atoms with E-state index < -0.39 is 0 Å². The molecule has 1 aromatic carbocycles. The van der Waals surface area contributed by atoms with Gasteiger partial charge < -0.3 is 5.32 Å². The molecule has 1 N–H and O–H groups in total.